The van der Waals surface area contributed by atoms with Gasteiger partial charge in [0.05, 0.1) is 0 Å². The van der Waals surface area contributed by atoms with Crippen molar-refractivity contribution in [3.8, 4) is 0 Å². The van der Waals surface area contributed by atoms with Gasteiger partial charge in [-0.2, -0.15) is 0 Å². The van der Waals surface area contributed by atoms with E-state index in [1.54, 1.807) is 0 Å². The van der Waals surface area contributed by atoms with Crippen molar-refractivity contribution in [2.75, 3.05) is 0 Å². The topological polar surface area (TPSA) is 17.1 Å². The molecule has 3 saturated carbocycles. The second kappa shape index (κ2) is 4.95. The Bertz CT molecular complexity index is 518. The summed E-state index contributed by atoms with van der Waals surface area (Å²) in [5, 5.41) is 0. The van der Waals surface area contributed by atoms with Gasteiger partial charge in [-0.15, -0.1) is 0 Å². The van der Waals surface area contributed by atoms with Crippen molar-refractivity contribution in [1.29, 1.82) is 0 Å². The minimum absolute atomic E-state index is 0.350. The van der Waals surface area contributed by atoms with Gasteiger partial charge in [0, 0.05) is 6.42 Å². The summed E-state index contributed by atoms with van der Waals surface area (Å²) in [6, 6.07) is 0. The summed E-state index contributed by atoms with van der Waals surface area (Å²) in [5.74, 6) is 4.11. The number of ketones is 1. The van der Waals surface area contributed by atoms with Gasteiger partial charge in [-0.3, -0.25) is 4.79 Å². The molecule has 0 aromatic carbocycles. The molecule has 4 aliphatic carbocycles. The Morgan fingerprint density at radius 1 is 1.05 bits per heavy atom. The Kier molecular flexibility index (Phi) is 3.37. The quantitative estimate of drug-likeness (QED) is 0.621. The van der Waals surface area contributed by atoms with E-state index in [0.29, 0.717) is 16.6 Å². The highest BCUT2D eigenvalue weighted by Gasteiger charge is 2.58. The lowest BCUT2D eigenvalue weighted by Gasteiger charge is -2.58. The lowest BCUT2D eigenvalue weighted by Crippen LogP contribution is -2.50. The van der Waals surface area contributed by atoms with Crippen LogP contribution in [0.15, 0.2) is 11.6 Å². The third-order valence-electron chi connectivity index (χ3n) is 8.65. The maximum atomic E-state index is 11.9. The number of fused-ring (bicyclic) bond motifs is 5. The molecule has 1 heteroatoms. The van der Waals surface area contributed by atoms with E-state index in [1.807, 2.05) is 6.08 Å². The zero-order valence-corrected chi connectivity index (χ0v) is 14.7. The maximum Gasteiger partial charge on any atom is 0.155 e. The van der Waals surface area contributed by atoms with Gasteiger partial charge in [-0.1, -0.05) is 32.8 Å². The van der Waals surface area contributed by atoms with Gasteiger partial charge in [0.1, 0.15) is 0 Å². The fraction of sp³-hybridized carbons (Fsp3) is 0.857. The van der Waals surface area contributed by atoms with Crippen molar-refractivity contribution < 1.29 is 4.79 Å². The van der Waals surface area contributed by atoms with E-state index in [1.165, 1.54) is 50.5 Å². The number of carbonyl (C=O) groups excluding carboxylic acids is 1. The first kappa shape index (κ1) is 15.0. The zero-order valence-electron chi connectivity index (χ0n) is 14.7. The van der Waals surface area contributed by atoms with E-state index in [-0.39, 0.29) is 0 Å². The molecule has 3 fully saturated rings. The van der Waals surface area contributed by atoms with Crippen molar-refractivity contribution in [2.24, 2.45) is 34.5 Å². The number of hydrogen-bond acceptors (Lipinski definition) is 1. The predicted molar refractivity (Wildman–Crippen MR) is 90.5 cm³/mol. The van der Waals surface area contributed by atoms with E-state index >= 15 is 0 Å². The van der Waals surface area contributed by atoms with Crippen LogP contribution in [0, 0.1) is 34.5 Å². The van der Waals surface area contributed by atoms with Gasteiger partial charge in [0.25, 0.3) is 0 Å². The summed E-state index contributed by atoms with van der Waals surface area (Å²) in [6.07, 6.45) is 13.7. The largest absolute Gasteiger partial charge is 0.295 e. The van der Waals surface area contributed by atoms with Crippen LogP contribution in [0.4, 0.5) is 0 Å². The van der Waals surface area contributed by atoms with E-state index < -0.39 is 0 Å². The zero-order chi connectivity index (χ0) is 15.5. The number of carbonyl (C=O) groups is 1. The first-order valence-electron chi connectivity index (χ1n) is 9.73. The first-order valence-corrected chi connectivity index (χ1v) is 9.73. The molecular formula is C21H32O. The molecule has 0 amide bonds. The van der Waals surface area contributed by atoms with Gasteiger partial charge >= 0.3 is 0 Å². The fourth-order valence-electron chi connectivity index (χ4n) is 7.34. The molecule has 0 aromatic rings. The average Bonchev–Trinajstić information content (AvgIpc) is 2.84. The molecule has 0 saturated heterocycles. The van der Waals surface area contributed by atoms with Gasteiger partial charge < -0.3 is 0 Å². The third-order valence-corrected chi connectivity index (χ3v) is 8.65. The molecule has 1 unspecified atom stereocenters. The Morgan fingerprint density at radius 3 is 2.64 bits per heavy atom. The van der Waals surface area contributed by atoms with E-state index in [4.69, 9.17) is 0 Å². The minimum Gasteiger partial charge on any atom is -0.295 e. The molecule has 122 valence electrons. The van der Waals surface area contributed by atoms with Crippen LogP contribution in [0.3, 0.4) is 0 Å². The van der Waals surface area contributed by atoms with Crippen LogP contribution in [-0.4, -0.2) is 5.78 Å². The molecule has 0 bridgehead atoms. The van der Waals surface area contributed by atoms with Gasteiger partial charge in [0.2, 0.25) is 0 Å². The van der Waals surface area contributed by atoms with Crippen LogP contribution in [0.2, 0.25) is 0 Å². The smallest absolute Gasteiger partial charge is 0.155 e. The Balaban J connectivity index is 1.67. The highest BCUT2D eigenvalue weighted by molar-refractivity contribution is 5.91. The fourth-order valence-corrected chi connectivity index (χ4v) is 7.34. The number of allylic oxidation sites excluding steroid dienone is 1. The molecule has 6 atom stereocenters. The van der Waals surface area contributed by atoms with Gasteiger partial charge in [-0.25, -0.2) is 0 Å². The summed E-state index contributed by atoms with van der Waals surface area (Å²) >= 11 is 0. The van der Waals surface area contributed by atoms with Crippen LogP contribution in [-0.2, 0) is 4.79 Å². The summed E-state index contributed by atoms with van der Waals surface area (Å²) < 4.78 is 0. The van der Waals surface area contributed by atoms with E-state index in [2.05, 4.69) is 20.8 Å². The van der Waals surface area contributed by atoms with Crippen LogP contribution in [0.1, 0.15) is 78.6 Å². The van der Waals surface area contributed by atoms with E-state index in [9.17, 15) is 4.79 Å². The normalized spacial score (nSPS) is 50.9. The van der Waals surface area contributed by atoms with Crippen molar-refractivity contribution in [1.82, 2.24) is 0 Å². The summed E-state index contributed by atoms with van der Waals surface area (Å²) in [5.41, 5.74) is 2.49. The van der Waals surface area contributed by atoms with Crippen LogP contribution in [0.5, 0.6) is 0 Å². The van der Waals surface area contributed by atoms with Gasteiger partial charge in [0.15, 0.2) is 5.78 Å². The molecule has 0 spiro atoms. The second-order valence-corrected chi connectivity index (χ2v) is 9.20. The molecule has 0 N–H and O–H groups in total. The van der Waals surface area contributed by atoms with Crippen LogP contribution < -0.4 is 0 Å². The van der Waals surface area contributed by atoms with Crippen molar-refractivity contribution in [3.05, 3.63) is 11.6 Å². The summed E-state index contributed by atoms with van der Waals surface area (Å²) in [4.78, 5) is 11.9. The lowest BCUT2D eigenvalue weighted by atomic mass is 9.47. The molecule has 0 radical (unpaired) electrons. The molecular weight excluding hydrogens is 268 g/mol. The molecule has 4 aliphatic rings. The highest BCUT2D eigenvalue weighted by Crippen LogP contribution is 2.66. The first-order chi connectivity index (χ1) is 10.5. The monoisotopic (exact) mass is 300 g/mol. The highest BCUT2D eigenvalue weighted by atomic mass is 16.1. The second-order valence-electron chi connectivity index (χ2n) is 9.20. The molecule has 0 heterocycles. The maximum absolute atomic E-state index is 11.9. The standard InChI is InChI=1S/C21H32O/c1-4-14-6-8-18-17-7-5-15-13-16(22)9-11-21(15,3)19(17)10-12-20(14,18)2/h13-14,17-19H,4-12H2,1-3H3/t14?,17-,18-,19-,20+,21-/m0/s1. The third kappa shape index (κ3) is 1.86. The Labute approximate surface area is 135 Å². The van der Waals surface area contributed by atoms with Crippen molar-refractivity contribution in [2.45, 2.75) is 78.6 Å². The van der Waals surface area contributed by atoms with Crippen LogP contribution in [0.25, 0.3) is 0 Å². The minimum atomic E-state index is 0.350. The summed E-state index contributed by atoms with van der Waals surface area (Å²) in [7, 11) is 0. The Hall–Kier alpha value is -0.590. The van der Waals surface area contributed by atoms with Crippen LogP contribution >= 0.6 is 0 Å². The molecule has 1 nitrogen and oxygen atoms in total. The molecule has 4 rings (SSSR count). The van der Waals surface area contributed by atoms with Crippen molar-refractivity contribution >= 4 is 5.78 Å². The Morgan fingerprint density at radius 2 is 1.86 bits per heavy atom. The molecule has 22 heavy (non-hydrogen) atoms. The lowest BCUT2D eigenvalue weighted by molar-refractivity contribution is -0.117. The molecule has 0 aromatic heterocycles. The predicted octanol–water partition coefficient (Wildman–Crippen LogP) is 5.54. The van der Waals surface area contributed by atoms with E-state index in [0.717, 1.165) is 36.5 Å². The summed E-state index contributed by atoms with van der Waals surface area (Å²) in [6.45, 7) is 7.52. The average molecular weight is 300 g/mol. The van der Waals surface area contributed by atoms with Crippen molar-refractivity contribution in [3.63, 3.8) is 0 Å². The molecule has 0 aliphatic heterocycles. The van der Waals surface area contributed by atoms with Gasteiger partial charge in [-0.05, 0) is 85.5 Å². The SMILES string of the molecule is CCC1CC[C@H]2[C@@H]3CCC4=CC(=O)CC[C@]4(C)[C@H]3CC[C@]12C. The number of rotatable bonds is 1. The number of hydrogen-bond donors (Lipinski definition) is 0.